The molecule has 3 aromatic rings. The maximum absolute atomic E-state index is 13.0. The van der Waals surface area contributed by atoms with Gasteiger partial charge in [-0.15, -0.1) is 10.2 Å². The Morgan fingerprint density at radius 3 is 2.62 bits per heavy atom. The number of amides is 1. The van der Waals surface area contributed by atoms with Crippen LogP contribution in [0.4, 0.5) is 4.39 Å². The molecule has 122 valence electrons. The van der Waals surface area contributed by atoms with E-state index < -0.39 is 11.9 Å². The number of rotatable bonds is 5. The van der Waals surface area contributed by atoms with Crippen molar-refractivity contribution in [3.8, 4) is 11.4 Å². The second-order valence-electron chi connectivity index (χ2n) is 5.04. The fourth-order valence-electron chi connectivity index (χ4n) is 2.32. The number of hydrogen-bond acceptors (Lipinski definition) is 5. The molecule has 8 heteroatoms. The molecule has 0 aliphatic carbocycles. The maximum Gasteiger partial charge on any atom is 0.252 e. The summed E-state index contributed by atoms with van der Waals surface area (Å²) in [5.74, 6) is -0.494. The summed E-state index contributed by atoms with van der Waals surface area (Å²) in [6.07, 6.45) is 0. The van der Waals surface area contributed by atoms with E-state index in [2.05, 4.69) is 25.9 Å². The lowest BCUT2D eigenvalue weighted by atomic mass is 10.0. The molecule has 2 aromatic carbocycles. The van der Waals surface area contributed by atoms with Crippen LogP contribution in [0.1, 0.15) is 22.0 Å². The molecular weight excluding hydrogens is 313 g/mol. The Hall–Kier alpha value is -3.13. The normalized spacial score (nSPS) is 11.9. The van der Waals surface area contributed by atoms with E-state index in [-0.39, 0.29) is 12.4 Å². The molecule has 0 fully saturated rings. The number of nitrogens with one attached hydrogen (secondary N) is 2. The number of aliphatic hydroxyl groups excluding tert-OH is 1. The molecule has 3 N–H and O–H groups in total. The molecule has 1 aromatic heterocycles. The van der Waals surface area contributed by atoms with Gasteiger partial charge in [-0.25, -0.2) is 4.39 Å². The number of carbonyl (C=O) groups excluding carboxylic acids is 1. The molecule has 0 saturated heterocycles. The number of hydrogen-bond donors (Lipinski definition) is 3. The van der Waals surface area contributed by atoms with Crippen LogP contribution >= 0.6 is 0 Å². The molecule has 24 heavy (non-hydrogen) atoms. The third-order valence-electron chi connectivity index (χ3n) is 3.52. The number of benzene rings is 2. The second kappa shape index (κ2) is 6.97. The van der Waals surface area contributed by atoms with Crippen molar-refractivity contribution in [1.29, 1.82) is 0 Å². The number of aromatic nitrogens is 4. The maximum atomic E-state index is 13.0. The van der Waals surface area contributed by atoms with Gasteiger partial charge in [-0.2, -0.15) is 5.21 Å². The summed E-state index contributed by atoms with van der Waals surface area (Å²) >= 11 is 0. The van der Waals surface area contributed by atoms with Gasteiger partial charge >= 0.3 is 0 Å². The van der Waals surface area contributed by atoms with Gasteiger partial charge in [-0.05, 0) is 29.0 Å². The smallest absolute Gasteiger partial charge is 0.252 e. The molecule has 0 radical (unpaired) electrons. The number of aliphatic hydroxyl groups is 1. The van der Waals surface area contributed by atoms with E-state index in [9.17, 15) is 14.3 Å². The standard InChI is InChI=1S/C16H14FN5O2/c17-11-7-5-10(6-8-11)14(9-23)18-16(24)13-4-2-1-3-12(13)15-19-21-22-20-15/h1-8,14,23H,9H2,(H,18,24)(H,19,20,21,22)/t14-/m0/s1. The molecule has 0 bridgehead atoms. The van der Waals surface area contributed by atoms with Gasteiger partial charge in [0.05, 0.1) is 18.2 Å². The quantitative estimate of drug-likeness (QED) is 0.658. The highest BCUT2D eigenvalue weighted by Gasteiger charge is 2.19. The molecule has 3 rings (SSSR count). The van der Waals surface area contributed by atoms with Crippen molar-refractivity contribution in [2.24, 2.45) is 0 Å². The highest BCUT2D eigenvalue weighted by atomic mass is 19.1. The zero-order valence-electron chi connectivity index (χ0n) is 12.5. The SMILES string of the molecule is O=C(N[C@@H](CO)c1ccc(F)cc1)c1ccccc1-c1nn[nH]n1. The second-order valence-corrected chi connectivity index (χ2v) is 5.04. The van der Waals surface area contributed by atoms with Crippen LogP contribution < -0.4 is 5.32 Å². The van der Waals surface area contributed by atoms with Crippen molar-refractivity contribution in [2.45, 2.75) is 6.04 Å². The molecule has 0 spiro atoms. The van der Waals surface area contributed by atoms with Crippen molar-refractivity contribution in [3.63, 3.8) is 0 Å². The Balaban J connectivity index is 1.85. The van der Waals surface area contributed by atoms with E-state index in [1.165, 1.54) is 24.3 Å². The first-order chi connectivity index (χ1) is 11.7. The summed E-state index contributed by atoms with van der Waals surface area (Å²) in [6, 6.07) is 11.7. The Morgan fingerprint density at radius 2 is 1.96 bits per heavy atom. The number of nitrogens with zero attached hydrogens (tertiary/aromatic N) is 3. The Labute approximate surface area is 136 Å². The molecular formula is C16H14FN5O2. The summed E-state index contributed by atoms with van der Waals surface area (Å²) in [4.78, 5) is 12.6. The van der Waals surface area contributed by atoms with Gasteiger partial charge in [0.1, 0.15) is 5.82 Å². The first kappa shape index (κ1) is 15.8. The number of H-pyrrole nitrogens is 1. The molecule has 0 unspecified atom stereocenters. The van der Waals surface area contributed by atoms with Crippen LogP contribution in [-0.4, -0.2) is 38.2 Å². The van der Waals surface area contributed by atoms with E-state index >= 15 is 0 Å². The van der Waals surface area contributed by atoms with Crippen molar-refractivity contribution < 1.29 is 14.3 Å². The topological polar surface area (TPSA) is 104 Å². The van der Waals surface area contributed by atoms with E-state index in [4.69, 9.17) is 0 Å². The third-order valence-corrected chi connectivity index (χ3v) is 3.52. The predicted octanol–water partition coefficient (Wildman–Crippen LogP) is 1.47. The van der Waals surface area contributed by atoms with Crippen LogP contribution in [0.2, 0.25) is 0 Å². The summed E-state index contributed by atoms with van der Waals surface area (Å²) in [5.41, 5.74) is 1.46. The summed E-state index contributed by atoms with van der Waals surface area (Å²) < 4.78 is 13.0. The van der Waals surface area contributed by atoms with Crippen LogP contribution in [0.3, 0.4) is 0 Å². The van der Waals surface area contributed by atoms with Gasteiger partial charge in [-0.3, -0.25) is 4.79 Å². The molecule has 7 nitrogen and oxygen atoms in total. The molecule has 0 saturated carbocycles. The van der Waals surface area contributed by atoms with E-state index in [0.717, 1.165) is 0 Å². The van der Waals surface area contributed by atoms with Crippen molar-refractivity contribution >= 4 is 5.91 Å². The Morgan fingerprint density at radius 1 is 1.21 bits per heavy atom. The lowest BCUT2D eigenvalue weighted by Crippen LogP contribution is -2.31. The van der Waals surface area contributed by atoms with Gasteiger partial charge in [0.15, 0.2) is 0 Å². The van der Waals surface area contributed by atoms with Gasteiger partial charge in [0, 0.05) is 5.56 Å². The first-order valence-electron chi connectivity index (χ1n) is 7.19. The zero-order valence-corrected chi connectivity index (χ0v) is 12.5. The summed E-state index contributed by atoms with van der Waals surface area (Å²) in [5, 5.41) is 25.9. The predicted molar refractivity (Wildman–Crippen MR) is 83.3 cm³/mol. The first-order valence-corrected chi connectivity index (χ1v) is 7.19. The minimum atomic E-state index is -0.656. The molecule has 1 atom stereocenters. The number of halogens is 1. The van der Waals surface area contributed by atoms with Gasteiger partial charge in [-0.1, -0.05) is 30.3 Å². The fraction of sp³-hybridized carbons (Fsp3) is 0.125. The zero-order chi connectivity index (χ0) is 16.9. The molecule has 1 amide bonds. The number of aromatic amines is 1. The number of tetrazole rings is 1. The van der Waals surface area contributed by atoms with Crippen LogP contribution in [0, 0.1) is 5.82 Å². The van der Waals surface area contributed by atoms with Gasteiger partial charge in [0.2, 0.25) is 5.82 Å². The van der Waals surface area contributed by atoms with Crippen molar-refractivity contribution in [1.82, 2.24) is 25.9 Å². The summed E-state index contributed by atoms with van der Waals surface area (Å²) in [7, 11) is 0. The van der Waals surface area contributed by atoms with Crippen LogP contribution in [-0.2, 0) is 0 Å². The monoisotopic (exact) mass is 327 g/mol. The van der Waals surface area contributed by atoms with Gasteiger partial charge < -0.3 is 10.4 Å². The van der Waals surface area contributed by atoms with E-state index in [0.29, 0.717) is 22.5 Å². The largest absolute Gasteiger partial charge is 0.394 e. The average molecular weight is 327 g/mol. The lowest BCUT2D eigenvalue weighted by Gasteiger charge is -2.17. The van der Waals surface area contributed by atoms with E-state index in [1.54, 1.807) is 24.3 Å². The minimum Gasteiger partial charge on any atom is -0.394 e. The molecule has 1 heterocycles. The highest BCUT2D eigenvalue weighted by Crippen LogP contribution is 2.20. The minimum absolute atomic E-state index is 0.295. The average Bonchev–Trinajstić information content (AvgIpc) is 3.15. The summed E-state index contributed by atoms with van der Waals surface area (Å²) in [6.45, 7) is -0.318. The van der Waals surface area contributed by atoms with Crippen LogP contribution in [0.15, 0.2) is 48.5 Å². The van der Waals surface area contributed by atoms with E-state index in [1.807, 2.05) is 0 Å². The number of carbonyl (C=O) groups is 1. The fourth-order valence-corrected chi connectivity index (χ4v) is 2.32. The molecule has 0 aliphatic heterocycles. The van der Waals surface area contributed by atoms with Crippen LogP contribution in [0.5, 0.6) is 0 Å². The van der Waals surface area contributed by atoms with Crippen molar-refractivity contribution in [2.75, 3.05) is 6.61 Å². The Kier molecular flexibility index (Phi) is 4.57. The van der Waals surface area contributed by atoms with Crippen LogP contribution in [0.25, 0.3) is 11.4 Å². The lowest BCUT2D eigenvalue weighted by molar-refractivity contribution is 0.0917. The van der Waals surface area contributed by atoms with Crippen molar-refractivity contribution in [3.05, 3.63) is 65.5 Å². The molecule has 0 aliphatic rings. The third kappa shape index (κ3) is 3.28. The Bertz CT molecular complexity index is 821. The highest BCUT2D eigenvalue weighted by molar-refractivity contribution is 6.00. The van der Waals surface area contributed by atoms with Gasteiger partial charge in [0.25, 0.3) is 5.91 Å².